The Hall–Kier alpha value is -2.41. The molecule has 0 saturated carbocycles. The summed E-state index contributed by atoms with van der Waals surface area (Å²) in [5, 5.41) is 5.84. The van der Waals surface area contributed by atoms with E-state index < -0.39 is 11.5 Å². The van der Waals surface area contributed by atoms with Gasteiger partial charge in [0.2, 0.25) is 17.7 Å². The molecule has 2 N–H and O–H groups in total. The highest BCUT2D eigenvalue weighted by Crippen LogP contribution is 2.51. The summed E-state index contributed by atoms with van der Waals surface area (Å²) in [5.41, 5.74) is 2.63. The zero-order valence-electron chi connectivity index (χ0n) is 17.1. The Balaban J connectivity index is 1.49. The highest BCUT2D eigenvalue weighted by Gasteiger charge is 2.52. The third kappa shape index (κ3) is 2.70. The number of carbonyl (C=O) groups is 3. The molecule has 5 rings (SSSR count). The van der Waals surface area contributed by atoms with E-state index in [1.54, 1.807) is 4.90 Å². The van der Waals surface area contributed by atoms with Crippen LogP contribution >= 0.6 is 0 Å². The molecule has 4 heterocycles. The minimum Gasteiger partial charge on any atom is -0.370 e. The van der Waals surface area contributed by atoms with Gasteiger partial charge in [0.15, 0.2) is 0 Å². The highest BCUT2D eigenvalue weighted by atomic mass is 16.2. The molecule has 154 valence electrons. The SMILES string of the molecule is CC1(C)C(=O)N(C2CCC(=O)NC2=O)c2cccc(N3CC4(CCNCC4)C3)c21. The van der Waals surface area contributed by atoms with E-state index in [0.29, 0.717) is 11.8 Å². The number of piperidine rings is 2. The molecule has 4 aliphatic heterocycles. The standard InChI is InChI=1S/C22H28N4O3/c1-21(2)18-14(25-12-22(13-25)8-10-23-11-9-22)4-3-5-15(18)26(20(21)29)16-6-7-17(27)24-19(16)28/h3-5,16,23H,6-13H2,1-2H3,(H,24,27,28). The van der Waals surface area contributed by atoms with Crippen molar-refractivity contribution in [3.05, 3.63) is 23.8 Å². The van der Waals surface area contributed by atoms with Crippen molar-refractivity contribution in [2.75, 3.05) is 36.0 Å². The van der Waals surface area contributed by atoms with E-state index in [1.807, 2.05) is 26.0 Å². The van der Waals surface area contributed by atoms with E-state index in [2.05, 4.69) is 21.6 Å². The summed E-state index contributed by atoms with van der Waals surface area (Å²) in [5.74, 6) is -0.702. The normalized spacial score (nSPS) is 27.7. The molecule has 1 aromatic rings. The highest BCUT2D eigenvalue weighted by molar-refractivity contribution is 6.14. The molecule has 1 spiro atoms. The van der Waals surface area contributed by atoms with Crippen molar-refractivity contribution < 1.29 is 14.4 Å². The fraction of sp³-hybridized carbons (Fsp3) is 0.591. The van der Waals surface area contributed by atoms with Crippen LogP contribution in [0.15, 0.2) is 18.2 Å². The van der Waals surface area contributed by atoms with Gasteiger partial charge in [0, 0.05) is 36.2 Å². The molecular weight excluding hydrogens is 368 g/mol. The Morgan fingerprint density at radius 1 is 1.03 bits per heavy atom. The van der Waals surface area contributed by atoms with E-state index in [-0.39, 0.29) is 24.1 Å². The molecule has 0 radical (unpaired) electrons. The number of nitrogens with zero attached hydrogens (tertiary/aromatic N) is 2. The van der Waals surface area contributed by atoms with Crippen LogP contribution < -0.4 is 20.4 Å². The molecule has 0 aliphatic carbocycles. The molecule has 3 amide bonds. The van der Waals surface area contributed by atoms with E-state index >= 15 is 0 Å². The molecule has 7 nitrogen and oxygen atoms in total. The number of amides is 3. The summed E-state index contributed by atoms with van der Waals surface area (Å²) in [4.78, 5) is 41.5. The van der Waals surface area contributed by atoms with Gasteiger partial charge >= 0.3 is 0 Å². The van der Waals surface area contributed by atoms with E-state index in [4.69, 9.17) is 0 Å². The summed E-state index contributed by atoms with van der Waals surface area (Å²) in [7, 11) is 0. The van der Waals surface area contributed by atoms with Gasteiger partial charge in [-0.2, -0.15) is 0 Å². The second-order valence-electron chi connectivity index (χ2n) is 9.54. The molecule has 1 aromatic carbocycles. The number of anilines is 2. The van der Waals surface area contributed by atoms with Gasteiger partial charge in [-0.25, -0.2) is 0 Å². The molecule has 29 heavy (non-hydrogen) atoms. The van der Waals surface area contributed by atoms with E-state index in [9.17, 15) is 14.4 Å². The lowest BCUT2D eigenvalue weighted by molar-refractivity contribution is -0.136. The van der Waals surface area contributed by atoms with Crippen molar-refractivity contribution in [3.63, 3.8) is 0 Å². The van der Waals surface area contributed by atoms with Crippen molar-refractivity contribution in [3.8, 4) is 0 Å². The maximum absolute atomic E-state index is 13.4. The first-order valence-corrected chi connectivity index (χ1v) is 10.6. The first-order valence-electron chi connectivity index (χ1n) is 10.6. The molecule has 3 fully saturated rings. The number of fused-ring (bicyclic) bond motifs is 1. The minimum atomic E-state index is -0.704. The van der Waals surface area contributed by atoms with Crippen LogP contribution in [-0.2, 0) is 19.8 Å². The Bertz CT molecular complexity index is 895. The van der Waals surface area contributed by atoms with Gasteiger partial charge in [0.05, 0.1) is 11.1 Å². The number of benzene rings is 1. The van der Waals surface area contributed by atoms with Crippen LogP contribution in [0.25, 0.3) is 0 Å². The van der Waals surface area contributed by atoms with Gasteiger partial charge in [-0.3, -0.25) is 24.6 Å². The predicted molar refractivity (Wildman–Crippen MR) is 110 cm³/mol. The first-order chi connectivity index (χ1) is 13.8. The second-order valence-corrected chi connectivity index (χ2v) is 9.54. The van der Waals surface area contributed by atoms with Crippen molar-refractivity contribution in [2.45, 2.75) is 51.0 Å². The zero-order valence-corrected chi connectivity index (χ0v) is 17.1. The number of imide groups is 1. The lowest BCUT2D eigenvalue weighted by Crippen LogP contribution is -2.60. The third-order valence-corrected chi connectivity index (χ3v) is 7.24. The zero-order chi connectivity index (χ0) is 20.4. The fourth-order valence-electron chi connectivity index (χ4n) is 5.60. The van der Waals surface area contributed by atoms with Gasteiger partial charge in [0.25, 0.3) is 0 Å². The molecular formula is C22H28N4O3. The molecule has 1 atom stereocenters. The monoisotopic (exact) mass is 396 g/mol. The lowest BCUT2D eigenvalue weighted by atomic mass is 9.71. The smallest absolute Gasteiger partial charge is 0.249 e. The lowest BCUT2D eigenvalue weighted by Gasteiger charge is -2.54. The van der Waals surface area contributed by atoms with Crippen LogP contribution in [-0.4, -0.2) is 49.9 Å². The summed E-state index contributed by atoms with van der Waals surface area (Å²) >= 11 is 0. The maximum atomic E-state index is 13.4. The largest absolute Gasteiger partial charge is 0.370 e. The van der Waals surface area contributed by atoms with Crippen molar-refractivity contribution in [1.29, 1.82) is 0 Å². The average molecular weight is 396 g/mol. The second kappa shape index (κ2) is 6.29. The summed E-state index contributed by atoms with van der Waals surface area (Å²) < 4.78 is 0. The van der Waals surface area contributed by atoms with Crippen LogP contribution in [0.2, 0.25) is 0 Å². The number of hydrogen-bond donors (Lipinski definition) is 2. The number of nitrogens with one attached hydrogen (secondary N) is 2. The van der Waals surface area contributed by atoms with Crippen molar-refractivity contribution in [1.82, 2.24) is 10.6 Å². The number of hydrogen-bond acceptors (Lipinski definition) is 5. The summed E-state index contributed by atoms with van der Waals surface area (Å²) in [6, 6.07) is 5.41. The van der Waals surface area contributed by atoms with Gasteiger partial charge in [-0.1, -0.05) is 6.07 Å². The van der Waals surface area contributed by atoms with Crippen molar-refractivity contribution in [2.24, 2.45) is 5.41 Å². The third-order valence-electron chi connectivity index (χ3n) is 7.24. The van der Waals surface area contributed by atoms with Gasteiger partial charge < -0.3 is 10.2 Å². The molecule has 1 unspecified atom stereocenters. The molecule has 7 heteroatoms. The molecule has 3 saturated heterocycles. The Kier molecular flexibility index (Phi) is 4.04. The number of rotatable bonds is 2. The van der Waals surface area contributed by atoms with Crippen LogP contribution in [0.5, 0.6) is 0 Å². The predicted octanol–water partition coefficient (Wildman–Crippen LogP) is 1.31. The molecule has 0 aromatic heterocycles. The summed E-state index contributed by atoms with van der Waals surface area (Å²) in [6.45, 7) is 8.09. The maximum Gasteiger partial charge on any atom is 0.249 e. The Labute approximate surface area is 170 Å². The first kappa shape index (κ1) is 18.6. The van der Waals surface area contributed by atoms with E-state index in [1.165, 1.54) is 12.8 Å². The average Bonchev–Trinajstić information content (AvgIpc) is 2.87. The van der Waals surface area contributed by atoms with Gasteiger partial charge in [-0.05, 0) is 58.3 Å². The summed E-state index contributed by atoms with van der Waals surface area (Å²) in [6.07, 6.45) is 3.03. The van der Waals surface area contributed by atoms with Gasteiger partial charge in [-0.15, -0.1) is 0 Å². The van der Waals surface area contributed by atoms with Crippen LogP contribution in [0.1, 0.15) is 45.1 Å². The molecule has 0 bridgehead atoms. The fourth-order valence-corrected chi connectivity index (χ4v) is 5.60. The Morgan fingerprint density at radius 2 is 1.72 bits per heavy atom. The van der Waals surface area contributed by atoms with E-state index in [0.717, 1.165) is 43.1 Å². The minimum absolute atomic E-state index is 0.0634. The quantitative estimate of drug-likeness (QED) is 0.737. The van der Waals surface area contributed by atoms with Gasteiger partial charge in [0.1, 0.15) is 6.04 Å². The van der Waals surface area contributed by atoms with Crippen LogP contribution in [0, 0.1) is 5.41 Å². The molecule has 4 aliphatic rings. The van der Waals surface area contributed by atoms with Crippen LogP contribution in [0.3, 0.4) is 0 Å². The van der Waals surface area contributed by atoms with Crippen LogP contribution in [0.4, 0.5) is 11.4 Å². The topological polar surface area (TPSA) is 81.8 Å². The van der Waals surface area contributed by atoms with Crippen molar-refractivity contribution >= 4 is 29.1 Å². The number of carbonyl (C=O) groups excluding carboxylic acids is 3. The Morgan fingerprint density at radius 3 is 2.41 bits per heavy atom.